The van der Waals surface area contributed by atoms with Gasteiger partial charge in [0.05, 0.1) is 6.10 Å². The molecule has 1 aliphatic rings. The van der Waals surface area contributed by atoms with E-state index in [1.165, 1.54) is 17.7 Å². The highest BCUT2D eigenvalue weighted by Gasteiger charge is 2.36. The van der Waals surface area contributed by atoms with Crippen LogP contribution in [0.2, 0.25) is 12.6 Å². The predicted molar refractivity (Wildman–Crippen MR) is 65.7 cm³/mol. The monoisotopic (exact) mass is 221 g/mol. The molecule has 2 nitrogen and oxygen atoms in total. The first-order valence-corrected chi connectivity index (χ1v) is 8.29. The first-order chi connectivity index (χ1) is 7.24. The Morgan fingerprint density at radius 1 is 1.40 bits per heavy atom. The van der Waals surface area contributed by atoms with Crippen LogP contribution in [0.15, 0.2) is 30.3 Å². The van der Waals surface area contributed by atoms with E-state index in [2.05, 4.69) is 36.9 Å². The zero-order valence-electron chi connectivity index (χ0n) is 9.28. The van der Waals surface area contributed by atoms with Crippen LogP contribution in [-0.4, -0.2) is 21.0 Å². The predicted octanol–water partition coefficient (Wildman–Crippen LogP) is 1.61. The molecule has 3 heteroatoms. The van der Waals surface area contributed by atoms with Gasteiger partial charge in [-0.05, 0) is 24.2 Å². The van der Waals surface area contributed by atoms with Gasteiger partial charge in [0.15, 0.2) is 0 Å². The van der Waals surface area contributed by atoms with E-state index in [0.717, 1.165) is 6.42 Å². The van der Waals surface area contributed by atoms with Gasteiger partial charge in [0.2, 0.25) is 8.32 Å². The van der Waals surface area contributed by atoms with Crippen LogP contribution in [0.25, 0.3) is 0 Å². The van der Waals surface area contributed by atoms with Gasteiger partial charge in [0.25, 0.3) is 0 Å². The minimum atomic E-state index is -1.68. The van der Waals surface area contributed by atoms with Crippen LogP contribution in [0.3, 0.4) is 0 Å². The summed E-state index contributed by atoms with van der Waals surface area (Å²) in [5.74, 6) is 0. The maximum Gasteiger partial charge on any atom is 0.221 e. The summed E-state index contributed by atoms with van der Waals surface area (Å²) in [6, 6.07) is 11.9. The Balaban J connectivity index is 2.19. The molecule has 1 aromatic carbocycles. The second kappa shape index (κ2) is 4.47. The molecule has 0 aliphatic carbocycles. The topological polar surface area (TPSA) is 35.2 Å². The van der Waals surface area contributed by atoms with Crippen molar-refractivity contribution < 1.29 is 4.43 Å². The first kappa shape index (κ1) is 10.9. The van der Waals surface area contributed by atoms with E-state index in [4.69, 9.17) is 10.2 Å². The van der Waals surface area contributed by atoms with Gasteiger partial charge < -0.3 is 10.2 Å². The van der Waals surface area contributed by atoms with Gasteiger partial charge >= 0.3 is 0 Å². The van der Waals surface area contributed by atoms with Crippen molar-refractivity contribution in [2.45, 2.75) is 31.5 Å². The minimum Gasteiger partial charge on any atom is -0.408 e. The van der Waals surface area contributed by atoms with E-state index in [1.54, 1.807) is 0 Å². The molecular formula is C12H19NOSi. The minimum absolute atomic E-state index is 0.288. The summed E-state index contributed by atoms with van der Waals surface area (Å²) in [4.78, 5) is 0. The molecule has 2 N–H and O–H groups in total. The van der Waals surface area contributed by atoms with E-state index in [1.807, 2.05) is 0 Å². The van der Waals surface area contributed by atoms with Crippen molar-refractivity contribution in [2.75, 3.05) is 6.54 Å². The third kappa shape index (κ3) is 2.30. The van der Waals surface area contributed by atoms with Crippen molar-refractivity contribution in [1.29, 1.82) is 0 Å². The molecule has 0 saturated carbocycles. The fourth-order valence-corrected chi connectivity index (χ4v) is 5.59. The van der Waals surface area contributed by atoms with Crippen LogP contribution < -0.4 is 10.9 Å². The van der Waals surface area contributed by atoms with E-state index >= 15 is 0 Å². The van der Waals surface area contributed by atoms with Crippen LogP contribution in [0.1, 0.15) is 12.8 Å². The molecule has 15 heavy (non-hydrogen) atoms. The Bertz CT molecular complexity index is 317. The maximum absolute atomic E-state index is 6.22. The molecule has 1 aromatic rings. The molecule has 1 fully saturated rings. The first-order valence-electron chi connectivity index (χ1n) is 5.68. The molecule has 1 aliphatic heterocycles. The Morgan fingerprint density at radius 3 is 2.80 bits per heavy atom. The largest absolute Gasteiger partial charge is 0.408 e. The van der Waals surface area contributed by atoms with Crippen LogP contribution in [-0.2, 0) is 4.43 Å². The lowest BCUT2D eigenvalue weighted by molar-refractivity contribution is 0.172. The number of hydrogen-bond donors (Lipinski definition) is 1. The fraction of sp³-hybridized carbons (Fsp3) is 0.500. The highest BCUT2D eigenvalue weighted by molar-refractivity contribution is 6.85. The van der Waals surface area contributed by atoms with Crippen LogP contribution in [0, 0.1) is 0 Å². The van der Waals surface area contributed by atoms with Crippen molar-refractivity contribution in [3.05, 3.63) is 30.3 Å². The lowest BCUT2D eigenvalue weighted by Crippen LogP contribution is -2.53. The summed E-state index contributed by atoms with van der Waals surface area (Å²) in [6.07, 6.45) is 2.68. The molecule has 2 unspecified atom stereocenters. The molecule has 0 aromatic heterocycles. The molecule has 2 atom stereocenters. The second-order valence-electron chi connectivity index (χ2n) is 4.46. The molecule has 1 heterocycles. The zero-order chi connectivity index (χ0) is 10.7. The average Bonchev–Trinajstić information content (AvgIpc) is 2.30. The van der Waals surface area contributed by atoms with Gasteiger partial charge in [-0.1, -0.05) is 36.8 Å². The third-order valence-electron chi connectivity index (χ3n) is 3.25. The van der Waals surface area contributed by atoms with E-state index in [0.29, 0.717) is 6.54 Å². The summed E-state index contributed by atoms with van der Waals surface area (Å²) in [5, 5.41) is 1.41. The Kier molecular flexibility index (Phi) is 3.24. The van der Waals surface area contributed by atoms with Crippen molar-refractivity contribution >= 4 is 13.5 Å². The van der Waals surface area contributed by atoms with E-state index in [-0.39, 0.29) is 6.10 Å². The smallest absolute Gasteiger partial charge is 0.221 e. The summed E-state index contributed by atoms with van der Waals surface area (Å²) in [5.41, 5.74) is 5.70. The van der Waals surface area contributed by atoms with Crippen LogP contribution in [0.5, 0.6) is 0 Å². The van der Waals surface area contributed by atoms with Gasteiger partial charge in [-0.25, -0.2) is 0 Å². The second-order valence-corrected chi connectivity index (χ2v) is 8.24. The lowest BCUT2D eigenvalue weighted by Gasteiger charge is -2.37. The molecule has 1 saturated heterocycles. The summed E-state index contributed by atoms with van der Waals surface area (Å²) < 4.78 is 6.22. The molecule has 0 spiro atoms. The van der Waals surface area contributed by atoms with Crippen molar-refractivity contribution in [2.24, 2.45) is 5.73 Å². The maximum atomic E-state index is 6.22. The van der Waals surface area contributed by atoms with E-state index in [9.17, 15) is 0 Å². The number of nitrogens with two attached hydrogens (primary N) is 1. The van der Waals surface area contributed by atoms with Gasteiger partial charge in [0, 0.05) is 6.54 Å². The molecule has 0 radical (unpaired) electrons. The van der Waals surface area contributed by atoms with Crippen molar-refractivity contribution in [1.82, 2.24) is 0 Å². The molecule has 0 amide bonds. The summed E-state index contributed by atoms with van der Waals surface area (Å²) in [7, 11) is -1.68. The van der Waals surface area contributed by atoms with Gasteiger partial charge in [-0.3, -0.25) is 0 Å². The Hall–Kier alpha value is -0.643. The normalized spacial score (nSPS) is 31.5. The fourth-order valence-electron chi connectivity index (χ4n) is 2.32. The van der Waals surface area contributed by atoms with E-state index < -0.39 is 8.32 Å². The third-order valence-corrected chi connectivity index (χ3v) is 6.97. The Labute approximate surface area is 92.6 Å². The molecule has 2 rings (SSSR count). The van der Waals surface area contributed by atoms with Crippen molar-refractivity contribution in [3.63, 3.8) is 0 Å². The summed E-state index contributed by atoms with van der Waals surface area (Å²) in [6.45, 7) is 2.97. The highest BCUT2D eigenvalue weighted by Crippen LogP contribution is 2.25. The number of rotatable bonds is 2. The lowest BCUT2D eigenvalue weighted by atomic mass is 10.2. The average molecular weight is 221 g/mol. The SMILES string of the molecule is C[Si]1(c2ccccc2)CCCC(CN)O1. The van der Waals surface area contributed by atoms with Gasteiger partial charge in [0.1, 0.15) is 0 Å². The van der Waals surface area contributed by atoms with Gasteiger partial charge in [-0.15, -0.1) is 0 Å². The Morgan fingerprint density at radius 2 is 2.13 bits per heavy atom. The van der Waals surface area contributed by atoms with Gasteiger partial charge in [-0.2, -0.15) is 0 Å². The van der Waals surface area contributed by atoms with Crippen LogP contribution >= 0.6 is 0 Å². The number of hydrogen-bond acceptors (Lipinski definition) is 2. The molecular weight excluding hydrogens is 202 g/mol. The molecule has 0 bridgehead atoms. The highest BCUT2D eigenvalue weighted by atomic mass is 28.4. The van der Waals surface area contributed by atoms with Crippen molar-refractivity contribution in [3.8, 4) is 0 Å². The quantitative estimate of drug-likeness (QED) is 0.770. The standard InChI is InChI=1S/C12H19NOSi/c1-15(12-7-3-2-4-8-12)9-5-6-11(10-13)14-15/h2-4,7-8,11H,5-6,9-10,13H2,1H3. The number of benzene rings is 1. The summed E-state index contributed by atoms with van der Waals surface area (Å²) >= 11 is 0. The zero-order valence-corrected chi connectivity index (χ0v) is 10.3. The van der Waals surface area contributed by atoms with Crippen LogP contribution in [0.4, 0.5) is 0 Å². The molecule has 82 valence electrons.